The van der Waals surface area contributed by atoms with Crippen LogP contribution in [-0.2, 0) is 0 Å². The zero-order valence-corrected chi connectivity index (χ0v) is 8.59. The summed E-state index contributed by atoms with van der Waals surface area (Å²) in [4.78, 5) is 10.6. The van der Waals surface area contributed by atoms with Crippen LogP contribution in [0.15, 0.2) is 22.7 Å². The minimum Gasteiger partial charge on any atom is -0.497 e. The summed E-state index contributed by atoms with van der Waals surface area (Å²) in [7, 11) is 1.55. The normalized spacial score (nSPS) is 9.38. The van der Waals surface area contributed by atoms with Crippen LogP contribution in [-0.4, -0.2) is 13.1 Å². The molecule has 13 heavy (non-hydrogen) atoms. The van der Waals surface area contributed by atoms with Crippen molar-refractivity contribution in [3.8, 4) is 5.75 Å². The fourth-order valence-corrected chi connectivity index (χ4v) is 1.21. The molecule has 2 amide bonds. The number of carbonyl (C=O) groups is 1. The number of urea groups is 1. The molecule has 70 valence electrons. The van der Waals surface area contributed by atoms with E-state index in [1.165, 1.54) is 0 Å². The van der Waals surface area contributed by atoms with Crippen LogP contribution in [0.4, 0.5) is 10.5 Å². The molecule has 0 radical (unpaired) electrons. The molecule has 1 aromatic rings. The fraction of sp³-hybridized carbons (Fsp3) is 0.125. The number of nitrogens with one attached hydrogen (secondary N) is 1. The van der Waals surface area contributed by atoms with E-state index in [1.54, 1.807) is 25.3 Å². The number of methoxy groups -OCH3 is 1. The summed E-state index contributed by atoms with van der Waals surface area (Å²) in [6.07, 6.45) is 0. The lowest BCUT2D eigenvalue weighted by Gasteiger charge is -2.06. The van der Waals surface area contributed by atoms with E-state index in [0.717, 1.165) is 4.47 Å². The van der Waals surface area contributed by atoms with Gasteiger partial charge in [0, 0.05) is 10.5 Å². The van der Waals surface area contributed by atoms with Crippen LogP contribution in [0.1, 0.15) is 0 Å². The third kappa shape index (κ3) is 2.62. The molecule has 0 spiro atoms. The van der Waals surface area contributed by atoms with Gasteiger partial charge >= 0.3 is 6.03 Å². The van der Waals surface area contributed by atoms with E-state index in [2.05, 4.69) is 21.2 Å². The molecule has 0 aliphatic carbocycles. The SMILES string of the molecule is COc1ccc(Br)c(NC(N)=O)c1. The van der Waals surface area contributed by atoms with Gasteiger partial charge in [0.1, 0.15) is 5.75 Å². The van der Waals surface area contributed by atoms with Crippen molar-refractivity contribution in [1.29, 1.82) is 0 Å². The van der Waals surface area contributed by atoms with Gasteiger partial charge in [0.25, 0.3) is 0 Å². The van der Waals surface area contributed by atoms with Gasteiger partial charge in [-0.05, 0) is 28.1 Å². The van der Waals surface area contributed by atoms with Crippen molar-refractivity contribution >= 4 is 27.6 Å². The lowest BCUT2D eigenvalue weighted by atomic mass is 10.3. The Kier molecular flexibility index (Phi) is 3.13. The molecule has 1 rings (SSSR count). The Morgan fingerprint density at radius 3 is 2.85 bits per heavy atom. The van der Waals surface area contributed by atoms with Crippen molar-refractivity contribution in [1.82, 2.24) is 0 Å². The summed E-state index contributed by atoms with van der Waals surface area (Å²) in [5.41, 5.74) is 5.56. The Morgan fingerprint density at radius 2 is 2.31 bits per heavy atom. The smallest absolute Gasteiger partial charge is 0.316 e. The second-order valence-electron chi connectivity index (χ2n) is 2.34. The van der Waals surface area contributed by atoms with Gasteiger partial charge in [0.2, 0.25) is 0 Å². The first-order chi connectivity index (χ1) is 6.13. The molecule has 3 N–H and O–H groups in total. The number of halogens is 1. The maximum atomic E-state index is 10.6. The average Bonchev–Trinajstić information content (AvgIpc) is 2.08. The van der Waals surface area contributed by atoms with E-state index in [1.807, 2.05) is 0 Å². The Morgan fingerprint density at radius 1 is 1.62 bits per heavy atom. The van der Waals surface area contributed by atoms with Crippen molar-refractivity contribution in [2.45, 2.75) is 0 Å². The second-order valence-corrected chi connectivity index (χ2v) is 3.19. The highest BCUT2D eigenvalue weighted by Crippen LogP contribution is 2.26. The van der Waals surface area contributed by atoms with Crippen LogP contribution in [0.3, 0.4) is 0 Å². The van der Waals surface area contributed by atoms with Crippen LogP contribution in [0.2, 0.25) is 0 Å². The van der Waals surface area contributed by atoms with E-state index >= 15 is 0 Å². The molecular weight excluding hydrogens is 236 g/mol. The maximum absolute atomic E-state index is 10.6. The Labute approximate surface area is 84.2 Å². The van der Waals surface area contributed by atoms with E-state index in [4.69, 9.17) is 10.5 Å². The molecule has 0 atom stereocenters. The second kappa shape index (κ2) is 4.13. The zero-order chi connectivity index (χ0) is 9.84. The average molecular weight is 245 g/mol. The van der Waals surface area contributed by atoms with Gasteiger partial charge in [0.05, 0.1) is 12.8 Å². The molecule has 0 saturated carbocycles. The number of rotatable bonds is 2. The molecule has 0 aromatic heterocycles. The summed E-state index contributed by atoms with van der Waals surface area (Å²) < 4.78 is 5.74. The summed E-state index contributed by atoms with van der Waals surface area (Å²) in [5.74, 6) is 0.659. The van der Waals surface area contributed by atoms with Crippen LogP contribution < -0.4 is 15.8 Å². The number of nitrogens with two attached hydrogens (primary N) is 1. The number of carbonyl (C=O) groups excluding carboxylic acids is 1. The molecule has 0 aliphatic heterocycles. The number of ether oxygens (including phenoxy) is 1. The van der Waals surface area contributed by atoms with Gasteiger partial charge in [-0.2, -0.15) is 0 Å². The predicted molar refractivity (Wildman–Crippen MR) is 53.9 cm³/mol. The Hall–Kier alpha value is -1.23. The third-order valence-electron chi connectivity index (χ3n) is 1.43. The highest BCUT2D eigenvalue weighted by atomic mass is 79.9. The highest BCUT2D eigenvalue weighted by molar-refractivity contribution is 9.10. The molecule has 0 aliphatic rings. The van der Waals surface area contributed by atoms with Crippen LogP contribution in [0, 0.1) is 0 Å². The van der Waals surface area contributed by atoms with Gasteiger partial charge in [-0.3, -0.25) is 0 Å². The molecule has 0 heterocycles. The van der Waals surface area contributed by atoms with E-state index in [0.29, 0.717) is 11.4 Å². The Bertz CT molecular complexity index is 328. The summed E-state index contributed by atoms with van der Waals surface area (Å²) in [6.45, 7) is 0. The quantitative estimate of drug-likeness (QED) is 0.836. The number of hydrogen-bond donors (Lipinski definition) is 2. The lowest BCUT2D eigenvalue weighted by molar-refractivity contribution is 0.259. The van der Waals surface area contributed by atoms with E-state index in [9.17, 15) is 4.79 Å². The molecule has 0 fully saturated rings. The predicted octanol–water partition coefficient (Wildman–Crippen LogP) is 1.95. The van der Waals surface area contributed by atoms with Crippen molar-refractivity contribution < 1.29 is 9.53 Å². The molecule has 0 saturated heterocycles. The van der Waals surface area contributed by atoms with Gasteiger partial charge in [-0.15, -0.1) is 0 Å². The largest absolute Gasteiger partial charge is 0.497 e. The summed E-state index contributed by atoms with van der Waals surface area (Å²) in [6, 6.07) is 4.61. The van der Waals surface area contributed by atoms with Crippen LogP contribution in [0.25, 0.3) is 0 Å². The Balaban J connectivity index is 2.96. The summed E-state index contributed by atoms with van der Waals surface area (Å²) >= 11 is 3.26. The van der Waals surface area contributed by atoms with Crippen molar-refractivity contribution in [3.05, 3.63) is 22.7 Å². The molecule has 0 unspecified atom stereocenters. The first-order valence-corrected chi connectivity index (χ1v) is 4.33. The molecule has 1 aromatic carbocycles. The zero-order valence-electron chi connectivity index (χ0n) is 7.00. The highest BCUT2D eigenvalue weighted by Gasteiger charge is 2.03. The number of hydrogen-bond acceptors (Lipinski definition) is 2. The molecule has 0 bridgehead atoms. The van der Waals surface area contributed by atoms with Crippen molar-refractivity contribution in [2.75, 3.05) is 12.4 Å². The lowest BCUT2D eigenvalue weighted by Crippen LogP contribution is -2.19. The van der Waals surface area contributed by atoms with E-state index < -0.39 is 6.03 Å². The van der Waals surface area contributed by atoms with Gasteiger partial charge < -0.3 is 15.8 Å². The number of amides is 2. The first-order valence-electron chi connectivity index (χ1n) is 3.53. The van der Waals surface area contributed by atoms with Gasteiger partial charge in [0.15, 0.2) is 0 Å². The van der Waals surface area contributed by atoms with Crippen LogP contribution >= 0.6 is 15.9 Å². The van der Waals surface area contributed by atoms with E-state index in [-0.39, 0.29) is 0 Å². The maximum Gasteiger partial charge on any atom is 0.316 e. The monoisotopic (exact) mass is 244 g/mol. The minimum absolute atomic E-state index is 0.590. The van der Waals surface area contributed by atoms with Gasteiger partial charge in [-0.1, -0.05) is 0 Å². The van der Waals surface area contributed by atoms with Gasteiger partial charge in [-0.25, -0.2) is 4.79 Å². The first kappa shape index (κ1) is 9.85. The van der Waals surface area contributed by atoms with Crippen molar-refractivity contribution in [2.24, 2.45) is 5.73 Å². The molecular formula is C8H9BrN2O2. The molecule has 4 nitrogen and oxygen atoms in total. The summed E-state index contributed by atoms with van der Waals surface area (Å²) in [5, 5.41) is 2.46. The number of anilines is 1. The van der Waals surface area contributed by atoms with Crippen molar-refractivity contribution in [3.63, 3.8) is 0 Å². The molecule has 5 heteroatoms. The fourth-order valence-electron chi connectivity index (χ4n) is 0.860. The topological polar surface area (TPSA) is 64.3 Å². The minimum atomic E-state index is -0.603. The number of primary amides is 1. The number of benzene rings is 1. The van der Waals surface area contributed by atoms with Crippen LogP contribution in [0.5, 0.6) is 5.75 Å². The standard InChI is InChI=1S/C8H9BrN2O2/c1-13-5-2-3-6(9)7(4-5)11-8(10)12/h2-4H,1H3,(H3,10,11,12). The third-order valence-corrected chi connectivity index (χ3v) is 2.12.